The van der Waals surface area contributed by atoms with E-state index in [2.05, 4.69) is 4.98 Å². The van der Waals surface area contributed by atoms with Crippen molar-refractivity contribution >= 4 is 16.8 Å². The Bertz CT molecular complexity index is 720. The van der Waals surface area contributed by atoms with E-state index >= 15 is 0 Å². The molecule has 0 spiro atoms. The van der Waals surface area contributed by atoms with Crippen molar-refractivity contribution in [3.63, 3.8) is 0 Å². The molecule has 2 N–H and O–H groups in total. The van der Waals surface area contributed by atoms with Crippen LogP contribution in [0.5, 0.6) is 0 Å². The van der Waals surface area contributed by atoms with Gasteiger partial charge in [0, 0.05) is 11.3 Å². The van der Waals surface area contributed by atoms with E-state index in [1.165, 1.54) is 6.07 Å². The zero-order chi connectivity index (χ0) is 12.7. The average Bonchev–Trinajstić information content (AvgIpc) is 2.80. The van der Waals surface area contributed by atoms with Crippen LogP contribution in [0.4, 0.5) is 14.5 Å². The molecule has 3 aromatic rings. The van der Waals surface area contributed by atoms with E-state index in [4.69, 9.17) is 10.2 Å². The number of anilines is 1. The van der Waals surface area contributed by atoms with Crippen LogP contribution in [0, 0.1) is 11.6 Å². The lowest BCUT2D eigenvalue weighted by Gasteiger charge is -1.95. The van der Waals surface area contributed by atoms with Gasteiger partial charge in [0.05, 0.1) is 0 Å². The number of nitrogens with two attached hydrogens (primary N) is 1. The molecule has 0 aliphatic carbocycles. The topological polar surface area (TPSA) is 52.0 Å². The molecular weight excluding hydrogens is 238 g/mol. The van der Waals surface area contributed by atoms with E-state index < -0.39 is 11.6 Å². The number of nitrogens with zero attached hydrogens (tertiary/aromatic N) is 1. The Morgan fingerprint density at radius 1 is 1.00 bits per heavy atom. The molecule has 0 unspecified atom stereocenters. The number of aromatic nitrogens is 1. The number of nitrogen functional groups attached to an aromatic ring is 1. The van der Waals surface area contributed by atoms with Crippen LogP contribution < -0.4 is 5.73 Å². The van der Waals surface area contributed by atoms with Crippen LogP contribution in [0.1, 0.15) is 0 Å². The summed E-state index contributed by atoms with van der Waals surface area (Å²) in [6.07, 6.45) is 0. The number of benzene rings is 2. The van der Waals surface area contributed by atoms with Crippen LogP contribution in [-0.4, -0.2) is 4.98 Å². The van der Waals surface area contributed by atoms with Crippen LogP contribution in [-0.2, 0) is 0 Å². The molecule has 90 valence electrons. The van der Waals surface area contributed by atoms with Crippen molar-refractivity contribution in [2.24, 2.45) is 0 Å². The van der Waals surface area contributed by atoms with Crippen LogP contribution in [0.2, 0.25) is 0 Å². The van der Waals surface area contributed by atoms with Crippen molar-refractivity contribution in [3.05, 3.63) is 48.0 Å². The van der Waals surface area contributed by atoms with Gasteiger partial charge in [0.1, 0.15) is 5.52 Å². The maximum atomic E-state index is 13.5. The van der Waals surface area contributed by atoms with E-state index in [0.717, 1.165) is 6.07 Å². The molecule has 0 amide bonds. The highest BCUT2D eigenvalue weighted by atomic mass is 19.2. The fourth-order valence-electron chi connectivity index (χ4n) is 1.69. The lowest BCUT2D eigenvalue weighted by atomic mass is 10.2. The average molecular weight is 246 g/mol. The van der Waals surface area contributed by atoms with Crippen molar-refractivity contribution < 1.29 is 13.2 Å². The maximum Gasteiger partial charge on any atom is 0.227 e. The van der Waals surface area contributed by atoms with Gasteiger partial charge in [-0.25, -0.2) is 9.37 Å². The molecule has 3 rings (SSSR count). The summed E-state index contributed by atoms with van der Waals surface area (Å²) in [5, 5.41) is 0. The third-order valence-electron chi connectivity index (χ3n) is 2.61. The molecule has 1 aromatic heterocycles. The summed E-state index contributed by atoms with van der Waals surface area (Å²) in [6.45, 7) is 0. The Morgan fingerprint density at radius 2 is 1.72 bits per heavy atom. The van der Waals surface area contributed by atoms with Gasteiger partial charge in [0.2, 0.25) is 11.7 Å². The first-order valence-corrected chi connectivity index (χ1v) is 5.25. The second-order valence-electron chi connectivity index (χ2n) is 3.85. The molecule has 0 bridgehead atoms. The smallest absolute Gasteiger partial charge is 0.227 e. The highest BCUT2D eigenvalue weighted by molar-refractivity contribution is 5.77. The third-order valence-corrected chi connectivity index (χ3v) is 2.61. The Labute approximate surface area is 101 Å². The van der Waals surface area contributed by atoms with Gasteiger partial charge >= 0.3 is 0 Å². The molecule has 0 fully saturated rings. The van der Waals surface area contributed by atoms with Gasteiger partial charge < -0.3 is 10.2 Å². The number of hydrogen-bond acceptors (Lipinski definition) is 3. The quantitative estimate of drug-likeness (QED) is 0.670. The first-order chi connectivity index (χ1) is 8.65. The molecule has 1 heterocycles. The highest BCUT2D eigenvalue weighted by Gasteiger charge is 2.14. The molecule has 0 aliphatic heterocycles. The van der Waals surface area contributed by atoms with Gasteiger partial charge in [-0.3, -0.25) is 0 Å². The van der Waals surface area contributed by atoms with Crippen molar-refractivity contribution in [2.75, 3.05) is 5.73 Å². The van der Waals surface area contributed by atoms with Gasteiger partial charge in [0.25, 0.3) is 0 Å². The van der Waals surface area contributed by atoms with Crippen molar-refractivity contribution in [1.82, 2.24) is 4.98 Å². The van der Waals surface area contributed by atoms with E-state index in [9.17, 15) is 8.78 Å². The van der Waals surface area contributed by atoms with E-state index in [0.29, 0.717) is 11.3 Å². The van der Waals surface area contributed by atoms with E-state index in [-0.39, 0.29) is 17.0 Å². The van der Waals surface area contributed by atoms with Crippen molar-refractivity contribution in [3.8, 4) is 11.5 Å². The van der Waals surface area contributed by atoms with Gasteiger partial charge in [-0.2, -0.15) is 4.39 Å². The van der Waals surface area contributed by atoms with E-state index in [1.54, 1.807) is 24.3 Å². The Balaban J connectivity index is 2.19. The van der Waals surface area contributed by atoms with Gasteiger partial charge in [-0.1, -0.05) is 0 Å². The Kier molecular flexibility index (Phi) is 2.26. The number of hydrogen-bond donors (Lipinski definition) is 1. The SMILES string of the molecule is Nc1ccc(-c2nc3ccc(F)c(F)c3o2)cc1. The minimum Gasteiger partial charge on any atom is -0.433 e. The first-order valence-electron chi connectivity index (χ1n) is 5.25. The van der Waals surface area contributed by atoms with Crippen LogP contribution in [0.15, 0.2) is 40.8 Å². The lowest BCUT2D eigenvalue weighted by molar-refractivity contribution is 0.493. The Morgan fingerprint density at radius 3 is 2.44 bits per heavy atom. The molecule has 0 aliphatic rings. The molecule has 0 atom stereocenters. The fraction of sp³-hybridized carbons (Fsp3) is 0. The number of rotatable bonds is 1. The summed E-state index contributed by atoms with van der Waals surface area (Å²) >= 11 is 0. The molecule has 0 saturated carbocycles. The zero-order valence-corrected chi connectivity index (χ0v) is 9.15. The molecule has 18 heavy (non-hydrogen) atoms. The summed E-state index contributed by atoms with van der Waals surface area (Å²) in [5.41, 5.74) is 6.92. The highest BCUT2D eigenvalue weighted by Crippen LogP contribution is 2.27. The summed E-state index contributed by atoms with van der Waals surface area (Å²) < 4.78 is 31.7. The van der Waals surface area contributed by atoms with E-state index in [1.807, 2.05) is 0 Å². The van der Waals surface area contributed by atoms with Crippen LogP contribution >= 0.6 is 0 Å². The normalized spacial score (nSPS) is 11.0. The lowest BCUT2D eigenvalue weighted by Crippen LogP contribution is -1.83. The predicted octanol–water partition coefficient (Wildman–Crippen LogP) is 3.36. The van der Waals surface area contributed by atoms with Crippen molar-refractivity contribution in [1.29, 1.82) is 0 Å². The largest absolute Gasteiger partial charge is 0.433 e. The second kappa shape index (κ2) is 3.80. The zero-order valence-electron chi connectivity index (χ0n) is 9.15. The first kappa shape index (κ1) is 10.7. The molecule has 3 nitrogen and oxygen atoms in total. The molecule has 0 radical (unpaired) electrons. The molecular formula is C13H8F2N2O. The fourth-order valence-corrected chi connectivity index (χ4v) is 1.69. The number of oxazole rings is 1. The second-order valence-corrected chi connectivity index (χ2v) is 3.85. The summed E-state index contributed by atoms with van der Waals surface area (Å²) in [6, 6.07) is 9.16. The Hall–Kier alpha value is -2.43. The van der Waals surface area contributed by atoms with Crippen molar-refractivity contribution in [2.45, 2.75) is 0 Å². The minimum absolute atomic E-state index is 0.179. The summed E-state index contributed by atoms with van der Waals surface area (Å²) in [4.78, 5) is 4.10. The standard InChI is InChI=1S/C13H8F2N2O/c14-9-5-6-10-12(11(9)15)18-13(17-10)7-1-3-8(16)4-2-7/h1-6H,16H2. The van der Waals surface area contributed by atoms with Crippen LogP contribution in [0.25, 0.3) is 22.6 Å². The van der Waals surface area contributed by atoms with Crippen LogP contribution in [0.3, 0.4) is 0 Å². The van der Waals surface area contributed by atoms with Gasteiger partial charge in [-0.05, 0) is 36.4 Å². The summed E-state index contributed by atoms with van der Waals surface area (Å²) in [5.74, 6) is -1.75. The monoisotopic (exact) mass is 246 g/mol. The number of fused-ring (bicyclic) bond motifs is 1. The maximum absolute atomic E-state index is 13.5. The molecule has 2 aromatic carbocycles. The van der Waals surface area contributed by atoms with Gasteiger partial charge in [0.15, 0.2) is 11.4 Å². The molecule has 5 heteroatoms. The van der Waals surface area contributed by atoms with Gasteiger partial charge in [-0.15, -0.1) is 0 Å². The number of halogens is 2. The minimum atomic E-state index is -1.03. The summed E-state index contributed by atoms with van der Waals surface area (Å²) in [7, 11) is 0. The third kappa shape index (κ3) is 1.60. The predicted molar refractivity (Wildman–Crippen MR) is 63.8 cm³/mol. The molecule has 0 saturated heterocycles.